The van der Waals surface area contributed by atoms with Crippen molar-refractivity contribution >= 4 is 31.9 Å². The molecule has 12 heavy (non-hydrogen) atoms. The molecule has 0 bridgehead atoms. The first-order valence-corrected chi connectivity index (χ1v) is 5.15. The number of hydrogen-bond acceptors (Lipinski definition) is 2. The van der Waals surface area contributed by atoms with Crippen LogP contribution in [0.25, 0.3) is 0 Å². The fourth-order valence-corrected chi connectivity index (χ4v) is 2.04. The molecular weight excluding hydrogens is 286 g/mol. The highest BCUT2D eigenvalue weighted by Gasteiger charge is 2.23. The topological polar surface area (TPSA) is 35.2 Å². The number of hydrogen-bond donors (Lipinski definition) is 1. The summed E-state index contributed by atoms with van der Waals surface area (Å²) < 4.78 is 7.37. The smallest absolute Gasteiger partial charge is 0.139 e. The molecule has 1 heterocycles. The van der Waals surface area contributed by atoms with Crippen LogP contribution >= 0.6 is 31.9 Å². The Bertz CT molecular complexity index is 327. The van der Waals surface area contributed by atoms with Crippen molar-refractivity contribution in [2.24, 2.45) is 5.73 Å². The van der Waals surface area contributed by atoms with E-state index in [4.69, 9.17) is 10.5 Å². The van der Waals surface area contributed by atoms with Crippen LogP contribution in [0.3, 0.4) is 0 Å². The summed E-state index contributed by atoms with van der Waals surface area (Å²) in [4.78, 5) is 0. The quantitative estimate of drug-likeness (QED) is 0.798. The Hall–Kier alpha value is -0.0600. The summed E-state index contributed by atoms with van der Waals surface area (Å²) in [5.41, 5.74) is 6.88. The molecule has 0 radical (unpaired) electrons. The molecule has 0 saturated heterocycles. The van der Waals surface area contributed by atoms with E-state index in [0.29, 0.717) is 6.61 Å². The Balaban J connectivity index is 2.60. The van der Waals surface area contributed by atoms with Crippen LogP contribution in [-0.2, 0) is 0 Å². The lowest BCUT2D eigenvalue weighted by atomic mass is 10.1. The predicted molar refractivity (Wildman–Crippen MR) is 54.3 cm³/mol. The minimum Gasteiger partial charge on any atom is -0.490 e. The molecule has 2 rings (SSSR count). The zero-order valence-corrected chi connectivity index (χ0v) is 9.35. The highest BCUT2D eigenvalue weighted by atomic mass is 79.9. The first kappa shape index (κ1) is 8.53. The molecule has 0 amide bonds. The van der Waals surface area contributed by atoms with Crippen LogP contribution in [0, 0.1) is 0 Å². The molecule has 0 fully saturated rings. The molecule has 4 heteroatoms. The van der Waals surface area contributed by atoms with Crippen molar-refractivity contribution in [2.75, 3.05) is 6.61 Å². The first-order valence-electron chi connectivity index (χ1n) is 3.56. The summed E-state index contributed by atoms with van der Waals surface area (Å²) in [6.45, 7) is 0.574. The van der Waals surface area contributed by atoms with E-state index >= 15 is 0 Å². The summed E-state index contributed by atoms with van der Waals surface area (Å²) in [5, 5.41) is 0. The van der Waals surface area contributed by atoms with Gasteiger partial charge in [-0.25, -0.2) is 0 Å². The molecule has 1 aromatic carbocycles. The normalized spacial score (nSPS) is 20.4. The Kier molecular flexibility index (Phi) is 2.14. The van der Waals surface area contributed by atoms with Gasteiger partial charge in [0.25, 0.3) is 0 Å². The van der Waals surface area contributed by atoms with E-state index in [1.165, 1.54) is 0 Å². The lowest BCUT2D eigenvalue weighted by Gasteiger charge is -2.03. The lowest BCUT2D eigenvalue weighted by Crippen LogP contribution is -2.10. The number of fused-ring (bicyclic) bond motifs is 1. The first-order chi connectivity index (χ1) is 5.70. The van der Waals surface area contributed by atoms with Crippen LogP contribution in [0.5, 0.6) is 5.75 Å². The predicted octanol–water partition coefficient (Wildman–Crippen LogP) is 2.60. The Labute approximate surface area is 87.3 Å². The van der Waals surface area contributed by atoms with Crippen molar-refractivity contribution in [3.05, 3.63) is 26.6 Å². The molecule has 2 N–H and O–H groups in total. The van der Waals surface area contributed by atoms with E-state index in [1.54, 1.807) is 0 Å². The molecule has 0 spiro atoms. The molecule has 1 atom stereocenters. The van der Waals surface area contributed by atoms with Gasteiger partial charge in [0.15, 0.2) is 0 Å². The van der Waals surface area contributed by atoms with Gasteiger partial charge in [0.2, 0.25) is 0 Å². The van der Waals surface area contributed by atoms with Gasteiger partial charge in [0, 0.05) is 10.0 Å². The zero-order chi connectivity index (χ0) is 8.72. The number of rotatable bonds is 0. The van der Waals surface area contributed by atoms with Crippen molar-refractivity contribution in [3.63, 3.8) is 0 Å². The Morgan fingerprint density at radius 3 is 2.92 bits per heavy atom. The second kappa shape index (κ2) is 3.01. The largest absolute Gasteiger partial charge is 0.490 e. The van der Waals surface area contributed by atoms with Crippen LogP contribution in [0.2, 0.25) is 0 Å². The van der Waals surface area contributed by atoms with E-state index in [1.807, 2.05) is 12.1 Å². The lowest BCUT2D eigenvalue weighted by molar-refractivity contribution is 0.331. The average Bonchev–Trinajstić information content (AvgIpc) is 2.41. The van der Waals surface area contributed by atoms with Crippen molar-refractivity contribution in [3.8, 4) is 5.75 Å². The van der Waals surface area contributed by atoms with Gasteiger partial charge in [0.05, 0.1) is 10.5 Å². The molecular formula is C8H7Br2NO. The number of benzene rings is 1. The minimum atomic E-state index is 0.0180. The number of nitrogens with two attached hydrogens (primary N) is 1. The average molecular weight is 293 g/mol. The molecule has 1 aromatic rings. The number of ether oxygens (including phenoxy) is 1. The van der Waals surface area contributed by atoms with Gasteiger partial charge in [-0.2, -0.15) is 0 Å². The van der Waals surface area contributed by atoms with Crippen LogP contribution in [-0.4, -0.2) is 6.61 Å². The maximum Gasteiger partial charge on any atom is 0.139 e. The second-order valence-electron chi connectivity index (χ2n) is 2.70. The van der Waals surface area contributed by atoms with Crippen LogP contribution in [0.15, 0.2) is 21.1 Å². The molecule has 0 aromatic heterocycles. The van der Waals surface area contributed by atoms with Gasteiger partial charge in [-0.05, 0) is 37.9 Å². The molecule has 0 saturated carbocycles. The molecule has 64 valence electrons. The Morgan fingerprint density at radius 1 is 1.42 bits per heavy atom. The Morgan fingerprint density at radius 2 is 2.17 bits per heavy atom. The van der Waals surface area contributed by atoms with E-state index in [-0.39, 0.29) is 6.04 Å². The SMILES string of the molecule is NC1COc2c1ccc(Br)c2Br. The molecule has 1 unspecified atom stereocenters. The number of halogens is 2. The van der Waals surface area contributed by atoms with Crippen LogP contribution < -0.4 is 10.5 Å². The van der Waals surface area contributed by atoms with Gasteiger partial charge in [-0.3, -0.25) is 0 Å². The second-order valence-corrected chi connectivity index (χ2v) is 4.34. The van der Waals surface area contributed by atoms with Gasteiger partial charge in [-0.1, -0.05) is 6.07 Å². The standard InChI is InChI=1S/C8H7Br2NO/c9-5-2-1-4-6(11)3-12-8(4)7(5)10/h1-2,6H,3,11H2. The van der Waals surface area contributed by atoms with Gasteiger partial charge >= 0.3 is 0 Å². The fraction of sp³-hybridized carbons (Fsp3) is 0.250. The summed E-state index contributed by atoms with van der Waals surface area (Å²) in [7, 11) is 0. The van der Waals surface area contributed by atoms with E-state index < -0.39 is 0 Å². The maximum absolute atomic E-state index is 5.80. The minimum absolute atomic E-state index is 0.0180. The summed E-state index contributed by atoms with van der Waals surface area (Å²) >= 11 is 6.83. The summed E-state index contributed by atoms with van der Waals surface area (Å²) in [6, 6.07) is 3.98. The van der Waals surface area contributed by atoms with E-state index in [2.05, 4.69) is 31.9 Å². The third kappa shape index (κ3) is 1.18. The monoisotopic (exact) mass is 291 g/mol. The van der Waals surface area contributed by atoms with Crippen molar-refractivity contribution < 1.29 is 4.74 Å². The zero-order valence-electron chi connectivity index (χ0n) is 6.18. The van der Waals surface area contributed by atoms with Gasteiger partial charge in [-0.15, -0.1) is 0 Å². The summed E-state index contributed by atoms with van der Waals surface area (Å²) in [6.07, 6.45) is 0. The molecule has 0 aliphatic carbocycles. The highest BCUT2D eigenvalue weighted by molar-refractivity contribution is 9.13. The fourth-order valence-electron chi connectivity index (χ4n) is 1.25. The molecule has 1 aliphatic heterocycles. The third-order valence-corrected chi connectivity index (χ3v) is 3.87. The third-order valence-electron chi connectivity index (χ3n) is 1.89. The van der Waals surface area contributed by atoms with Crippen molar-refractivity contribution in [2.45, 2.75) is 6.04 Å². The van der Waals surface area contributed by atoms with Gasteiger partial charge < -0.3 is 10.5 Å². The van der Waals surface area contributed by atoms with Crippen molar-refractivity contribution in [1.29, 1.82) is 0 Å². The highest BCUT2D eigenvalue weighted by Crippen LogP contribution is 2.41. The molecule has 1 aliphatic rings. The van der Waals surface area contributed by atoms with Crippen LogP contribution in [0.4, 0.5) is 0 Å². The maximum atomic E-state index is 5.80. The molecule has 2 nitrogen and oxygen atoms in total. The van der Waals surface area contributed by atoms with E-state index in [9.17, 15) is 0 Å². The van der Waals surface area contributed by atoms with Crippen LogP contribution in [0.1, 0.15) is 11.6 Å². The van der Waals surface area contributed by atoms with Crippen molar-refractivity contribution in [1.82, 2.24) is 0 Å². The summed E-state index contributed by atoms with van der Waals surface area (Å²) in [5.74, 6) is 0.872. The van der Waals surface area contributed by atoms with Gasteiger partial charge in [0.1, 0.15) is 12.4 Å². The van der Waals surface area contributed by atoms with E-state index in [0.717, 1.165) is 20.3 Å².